The molecule has 1 aliphatic carbocycles. The molecule has 1 saturated carbocycles. The molecule has 0 bridgehead atoms. The molecular weight excluding hydrogens is 226 g/mol. The zero-order valence-electron chi connectivity index (χ0n) is 11.8. The third-order valence-electron chi connectivity index (χ3n) is 4.32. The number of hydrogen-bond acceptors (Lipinski definition) is 2. The third-order valence-corrected chi connectivity index (χ3v) is 4.32. The number of aromatic nitrogens is 2. The van der Waals surface area contributed by atoms with Crippen LogP contribution >= 0.6 is 0 Å². The van der Waals surface area contributed by atoms with Gasteiger partial charge in [0, 0.05) is 25.8 Å². The first-order chi connectivity index (χ1) is 8.50. The molecule has 4 heteroatoms. The van der Waals surface area contributed by atoms with Crippen LogP contribution in [0.25, 0.3) is 0 Å². The van der Waals surface area contributed by atoms with E-state index in [4.69, 9.17) is 0 Å². The van der Waals surface area contributed by atoms with Crippen molar-refractivity contribution in [2.24, 2.45) is 13.0 Å². The molecule has 2 rings (SSSR count). The van der Waals surface area contributed by atoms with Gasteiger partial charge in [0.2, 0.25) is 0 Å². The number of amides is 1. The Morgan fingerprint density at radius 2 is 2.00 bits per heavy atom. The van der Waals surface area contributed by atoms with E-state index in [0.29, 0.717) is 6.04 Å². The van der Waals surface area contributed by atoms with Crippen LogP contribution in [-0.4, -0.2) is 33.7 Å². The molecule has 0 radical (unpaired) electrons. The predicted molar refractivity (Wildman–Crippen MR) is 71.5 cm³/mol. The third kappa shape index (κ3) is 2.42. The summed E-state index contributed by atoms with van der Waals surface area (Å²) in [7, 11) is 3.80. The van der Waals surface area contributed by atoms with E-state index in [0.717, 1.165) is 30.0 Å². The van der Waals surface area contributed by atoms with E-state index in [1.54, 1.807) is 10.9 Å². The van der Waals surface area contributed by atoms with E-state index >= 15 is 0 Å². The molecule has 0 aromatic carbocycles. The zero-order valence-corrected chi connectivity index (χ0v) is 11.8. The maximum atomic E-state index is 12.4. The first kappa shape index (κ1) is 13.1. The van der Waals surface area contributed by atoms with Crippen LogP contribution in [0.4, 0.5) is 0 Å². The summed E-state index contributed by atoms with van der Waals surface area (Å²) in [6, 6.07) is 0.397. The lowest BCUT2D eigenvalue weighted by atomic mass is 9.86. The SMILES string of the molecule is Cc1c(C(=O)N(C)C2CCC(C)CC2)cnn1C. The number of rotatable bonds is 2. The van der Waals surface area contributed by atoms with Gasteiger partial charge in [-0.05, 0) is 38.5 Å². The monoisotopic (exact) mass is 249 g/mol. The standard InChI is InChI=1S/C14H23N3O/c1-10-5-7-12(8-6-10)16(3)14(18)13-9-15-17(4)11(13)2/h9-10,12H,5-8H2,1-4H3. The summed E-state index contributed by atoms with van der Waals surface area (Å²) in [5.74, 6) is 0.921. The second-order valence-corrected chi connectivity index (χ2v) is 5.60. The fourth-order valence-corrected chi connectivity index (χ4v) is 2.69. The lowest BCUT2D eigenvalue weighted by molar-refractivity contribution is 0.0678. The summed E-state index contributed by atoms with van der Waals surface area (Å²) >= 11 is 0. The van der Waals surface area contributed by atoms with Gasteiger partial charge in [0.05, 0.1) is 11.8 Å². The fraction of sp³-hybridized carbons (Fsp3) is 0.714. The van der Waals surface area contributed by atoms with Crippen LogP contribution in [0.15, 0.2) is 6.20 Å². The van der Waals surface area contributed by atoms with Crippen molar-refractivity contribution < 1.29 is 4.79 Å². The smallest absolute Gasteiger partial charge is 0.257 e. The van der Waals surface area contributed by atoms with Crippen LogP contribution in [0.5, 0.6) is 0 Å². The van der Waals surface area contributed by atoms with Crippen molar-refractivity contribution >= 4 is 5.91 Å². The average molecular weight is 249 g/mol. The highest BCUT2D eigenvalue weighted by molar-refractivity contribution is 5.95. The Kier molecular flexibility index (Phi) is 3.73. The Morgan fingerprint density at radius 1 is 1.39 bits per heavy atom. The van der Waals surface area contributed by atoms with Gasteiger partial charge in [-0.2, -0.15) is 5.10 Å². The Hall–Kier alpha value is -1.32. The van der Waals surface area contributed by atoms with Crippen molar-refractivity contribution in [1.82, 2.24) is 14.7 Å². The van der Waals surface area contributed by atoms with Crippen LogP contribution in [0.3, 0.4) is 0 Å². The number of carbonyl (C=O) groups excluding carboxylic acids is 1. The highest BCUT2D eigenvalue weighted by Crippen LogP contribution is 2.27. The fourth-order valence-electron chi connectivity index (χ4n) is 2.69. The van der Waals surface area contributed by atoms with E-state index in [2.05, 4.69) is 12.0 Å². The van der Waals surface area contributed by atoms with Crippen molar-refractivity contribution in [2.75, 3.05) is 7.05 Å². The zero-order chi connectivity index (χ0) is 13.3. The first-order valence-electron chi connectivity index (χ1n) is 6.76. The van der Waals surface area contributed by atoms with Gasteiger partial charge in [0.1, 0.15) is 0 Å². The average Bonchev–Trinajstić information content (AvgIpc) is 2.69. The minimum Gasteiger partial charge on any atom is -0.339 e. The summed E-state index contributed by atoms with van der Waals surface area (Å²) in [5.41, 5.74) is 1.68. The van der Waals surface area contributed by atoms with Crippen LogP contribution in [0.2, 0.25) is 0 Å². The molecule has 1 aromatic heterocycles. The van der Waals surface area contributed by atoms with Gasteiger partial charge in [0.15, 0.2) is 0 Å². The minimum absolute atomic E-state index is 0.111. The summed E-state index contributed by atoms with van der Waals surface area (Å²) < 4.78 is 1.75. The topological polar surface area (TPSA) is 38.1 Å². The highest BCUT2D eigenvalue weighted by atomic mass is 16.2. The molecule has 100 valence electrons. The van der Waals surface area contributed by atoms with E-state index in [1.165, 1.54) is 12.8 Å². The summed E-state index contributed by atoms with van der Waals surface area (Å²) in [5, 5.41) is 4.15. The largest absolute Gasteiger partial charge is 0.339 e. The summed E-state index contributed by atoms with van der Waals surface area (Å²) in [6.07, 6.45) is 6.40. The molecule has 1 amide bonds. The lowest BCUT2D eigenvalue weighted by Gasteiger charge is -2.33. The quantitative estimate of drug-likeness (QED) is 0.807. The van der Waals surface area contributed by atoms with Crippen LogP contribution in [0, 0.1) is 12.8 Å². The van der Waals surface area contributed by atoms with Gasteiger partial charge in [-0.15, -0.1) is 0 Å². The Balaban J connectivity index is 2.07. The maximum absolute atomic E-state index is 12.4. The van der Waals surface area contributed by atoms with Crippen LogP contribution < -0.4 is 0 Å². The molecule has 0 unspecified atom stereocenters. The van der Waals surface area contributed by atoms with E-state index < -0.39 is 0 Å². The second-order valence-electron chi connectivity index (χ2n) is 5.60. The maximum Gasteiger partial charge on any atom is 0.257 e. The molecule has 4 nitrogen and oxygen atoms in total. The van der Waals surface area contributed by atoms with Crippen molar-refractivity contribution in [3.8, 4) is 0 Å². The van der Waals surface area contributed by atoms with Gasteiger partial charge in [-0.1, -0.05) is 6.92 Å². The van der Waals surface area contributed by atoms with Gasteiger partial charge >= 0.3 is 0 Å². The Labute approximate surface area is 109 Å². The molecule has 1 aliphatic rings. The number of hydrogen-bond donors (Lipinski definition) is 0. The van der Waals surface area contributed by atoms with Gasteiger partial charge in [-0.3, -0.25) is 9.48 Å². The molecule has 0 atom stereocenters. The molecule has 0 saturated heterocycles. The molecule has 0 N–H and O–H groups in total. The van der Waals surface area contributed by atoms with Gasteiger partial charge < -0.3 is 4.90 Å². The van der Waals surface area contributed by atoms with Crippen molar-refractivity contribution in [1.29, 1.82) is 0 Å². The number of aryl methyl sites for hydroxylation is 1. The normalized spacial score (nSPS) is 24.0. The van der Waals surface area contributed by atoms with Gasteiger partial charge in [-0.25, -0.2) is 0 Å². The molecule has 0 spiro atoms. The highest BCUT2D eigenvalue weighted by Gasteiger charge is 2.26. The molecular formula is C14H23N3O. The van der Waals surface area contributed by atoms with Crippen molar-refractivity contribution in [2.45, 2.75) is 45.6 Å². The van der Waals surface area contributed by atoms with Crippen LogP contribution in [0.1, 0.15) is 48.7 Å². The molecule has 1 heterocycles. The molecule has 1 fully saturated rings. The van der Waals surface area contributed by atoms with E-state index in [-0.39, 0.29) is 5.91 Å². The van der Waals surface area contributed by atoms with Crippen molar-refractivity contribution in [3.63, 3.8) is 0 Å². The van der Waals surface area contributed by atoms with E-state index in [9.17, 15) is 4.79 Å². The van der Waals surface area contributed by atoms with Crippen molar-refractivity contribution in [3.05, 3.63) is 17.5 Å². The lowest BCUT2D eigenvalue weighted by Crippen LogP contribution is -2.39. The second kappa shape index (κ2) is 5.12. The molecule has 18 heavy (non-hydrogen) atoms. The van der Waals surface area contributed by atoms with Crippen LogP contribution in [-0.2, 0) is 7.05 Å². The summed E-state index contributed by atoms with van der Waals surface area (Å²) in [4.78, 5) is 14.3. The predicted octanol–water partition coefficient (Wildman–Crippen LogP) is 2.38. The molecule has 0 aliphatic heterocycles. The minimum atomic E-state index is 0.111. The Morgan fingerprint density at radius 3 is 2.50 bits per heavy atom. The number of carbonyl (C=O) groups is 1. The first-order valence-corrected chi connectivity index (χ1v) is 6.76. The molecule has 1 aromatic rings. The Bertz CT molecular complexity index is 430. The number of nitrogens with zero attached hydrogens (tertiary/aromatic N) is 3. The van der Waals surface area contributed by atoms with E-state index in [1.807, 2.05) is 25.9 Å². The summed E-state index contributed by atoms with van der Waals surface area (Å²) in [6.45, 7) is 4.24. The van der Waals surface area contributed by atoms with Gasteiger partial charge in [0.25, 0.3) is 5.91 Å².